The number of aromatic nitrogens is 3. The van der Waals surface area contributed by atoms with Gasteiger partial charge in [0.05, 0.1) is 24.8 Å². The minimum atomic E-state index is -0.0258. The predicted molar refractivity (Wildman–Crippen MR) is 89.4 cm³/mol. The lowest BCUT2D eigenvalue weighted by atomic mass is 9.88. The number of likely N-dealkylation sites (tertiary alicyclic amines) is 1. The van der Waals surface area contributed by atoms with Crippen LogP contribution in [-0.2, 0) is 11.3 Å². The van der Waals surface area contributed by atoms with Crippen LogP contribution in [0.1, 0.15) is 24.3 Å². The Kier molecular flexibility index (Phi) is 4.24. The quantitative estimate of drug-likeness (QED) is 0.926. The van der Waals surface area contributed by atoms with Gasteiger partial charge >= 0.3 is 0 Å². The van der Waals surface area contributed by atoms with Crippen molar-refractivity contribution in [2.24, 2.45) is 0 Å². The molecule has 0 radical (unpaired) electrons. The van der Waals surface area contributed by atoms with Crippen LogP contribution in [0.5, 0.6) is 0 Å². The third-order valence-corrected chi connectivity index (χ3v) is 5.33. The molecule has 1 N–H and O–H groups in total. The van der Waals surface area contributed by atoms with Crippen LogP contribution >= 0.6 is 11.3 Å². The van der Waals surface area contributed by atoms with Crippen LogP contribution in [0.4, 0.5) is 5.95 Å². The maximum atomic E-state index is 6.24. The second kappa shape index (κ2) is 6.51. The van der Waals surface area contributed by atoms with Crippen LogP contribution < -0.4 is 5.32 Å². The van der Waals surface area contributed by atoms with E-state index in [1.54, 1.807) is 23.7 Å². The summed E-state index contributed by atoms with van der Waals surface area (Å²) in [4.78, 5) is 15.4. The van der Waals surface area contributed by atoms with E-state index in [0.29, 0.717) is 5.95 Å². The Hall–Kier alpha value is -1.57. The van der Waals surface area contributed by atoms with E-state index in [0.717, 1.165) is 39.1 Å². The summed E-state index contributed by atoms with van der Waals surface area (Å²) >= 11 is 1.73. The van der Waals surface area contributed by atoms with Gasteiger partial charge in [0.25, 0.3) is 0 Å². The largest absolute Gasteiger partial charge is 0.371 e. The fourth-order valence-corrected chi connectivity index (χ4v) is 4.28. The van der Waals surface area contributed by atoms with Crippen molar-refractivity contribution >= 4 is 17.3 Å². The van der Waals surface area contributed by atoms with Gasteiger partial charge in [0.2, 0.25) is 5.95 Å². The summed E-state index contributed by atoms with van der Waals surface area (Å²) in [5.74, 6) is 0.689. The molecule has 122 valence electrons. The standard InChI is InChI=1S/C16H21N5OS/c1-3-16(12-21(7-1)10-14-17-6-8-23-14)9-13(11-22-16)20-15-18-4-2-5-19-15/h2,4-6,8,13H,1,3,7,9-12H2,(H,18,19,20)/t13-,16+/m1/s1. The predicted octanol–water partition coefficient (Wildman–Crippen LogP) is 2.17. The van der Waals surface area contributed by atoms with Gasteiger partial charge in [0.15, 0.2) is 0 Å². The maximum absolute atomic E-state index is 6.24. The molecule has 0 unspecified atom stereocenters. The smallest absolute Gasteiger partial charge is 0.222 e. The lowest BCUT2D eigenvalue weighted by Gasteiger charge is -2.39. The van der Waals surface area contributed by atoms with Crippen molar-refractivity contribution in [3.63, 3.8) is 0 Å². The van der Waals surface area contributed by atoms with Gasteiger partial charge in [-0.1, -0.05) is 0 Å². The normalized spacial score (nSPS) is 28.3. The summed E-state index contributed by atoms with van der Waals surface area (Å²) in [5, 5.41) is 6.63. The highest BCUT2D eigenvalue weighted by Gasteiger charge is 2.43. The van der Waals surface area contributed by atoms with Gasteiger partial charge in [0, 0.05) is 36.9 Å². The van der Waals surface area contributed by atoms with E-state index in [-0.39, 0.29) is 11.6 Å². The third kappa shape index (κ3) is 3.52. The molecule has 7 heteroatoms. The second-order valence-corrected chi connectivity index (χ2v) is 7.33. The number of ether oxygens (including phenoxy) is 1. The summed E-state index contributed by atoms with van der Waals surface area (Å²) in [6.07, 6.45) is 8.73. The van der Waals surface area contributed by atoms with Crippen molar-refractivity contribution in [2.45, 2.75) is 37.5 Å². The number of nitrogens with one attached hydrogen (secondary N) is 1. The first-order valence-electron chi connectivity index (χ1n) is 8.10. The Morgan fingerprint density at radius 3 is 3.04 bits per heavy atom. The van der Waals surface area contributed by atoms with E-state index < -0.39 is 0 Å². The average molecular weight is 331 g/mol. The third-order valence-electron chi connectivity index (χ3n) is 4.57. The van der Waals surface area contributed by atoms with Gasteiger partial charge in [-0.15, -0.1) is 11.3 Å². The van der Waals surface area contributed by atoms with Crippen molar-refractivity contribution in [1.29, 1.82) is 0 Å². The summed E-state index contributed by atoms with van der Waals surface area (Å²) in [7, 11) is 0. The highest BCUT2D eigenvalue weighted by molar-refractivity contribution is 7.09. The number of anilines is 1. The Morgan fingerprint density at radius 1 is 1.30 bits per heavy atom. The molecule has 2 saturated heterocycles. The van der Waals surface area contributed by atoms with Gasteiger partial charge in [-0.25, -0.2) is 15.0 Å². The van der Waals surface area contributed by atoms with Crippen molar-refractivity contribution in [2.75, 3.05) is 25.0 Å². The lowest BCUT2D eigenvalue weighted by molar-refractivity contribution is -0.0533. The molecule has 23 heavy (non-hydrogen) atoms. The van der Waals surface area contributed by atoms with Crippen molar-refractivity contribution in [1.82, 2.24) is 19.9 Å². The summed E-state index contributed by atoms with van der Waals surface area (Å²) in [6, 6.07) is 2.12. The molecule has 2 aliphatic rings. The van der Waals surface area contributed by atoms with Gasteiger partial charge in [-0.05, 0) is 25.5 Å². The number of hydrogen-bond donors (Lipinski definition) is 1. The average Bonchev–Trinajstić information content (AvgIpc) is 3.19. The Morgan fingerprint density at radius 2 is 2.22 bits per heavy atom. The van der Waals surface area contributed by atoms with E-state index >= 15 is 0 Å². The molecule has 0 saturated carbocycles. The number of rotatable bonds is 4. The molecular formula is C16H21N5OS. The molecule has 4 rings (SSSR count). The van der Waals surface area contributed by atoms with E-state index in [2.05, 4.69) is 25.2 Å². The maximum Gasteiger partial charge on any atom is 0.222 e. The molecule has 4 heterocycles. The van der Waals surface area contributed by atoms with Crippen molar-refractivity contribution in [3.8, 4) is 0 Å². The molecule has 2 atom stereocenters. The Labute approximate surface area is 139 Å². The number of piperidine rings is 1. The molecule has 6 nitrogen and oxygen atoms in total. The highest BCUT2D eigenvalue weighted by atomic mass is 32.1. The zero-order chi connectivity index (χ0) is 15.5. The van der Waals surface area contributed by atoms with E-state index in [1.165, 1.54) is 11.4 Å². The summed E-state index contributed by atoms with van der Waals surface area (Å²) < 4.78 is 6.24. The number of thiazole rings is 1. The van der Waals surface area contributed by atoms with Gasteiger partial charge in [-0.2, -0.15) is 0 Å². The summed E-state index contributed by atoms with van der Waals surface area (Å²) in [5.41, 5.74) is -0.0258. The Balaban J connectivity index is 1.37. The summed E-state index contributed by atoms with van der Waals surface area (Å²) in [6.45, 7) is 3.77. The molecule has 1 spiro atoms. The first-order valence-corrected chi connectivity index (χ1v) is 8.98. The lowest BCUT2D eigenvalue weighted by Crippen LogP contribution is -2.47. The molecule has 0 aromatic carbocycles. The highest BCUT2D eigenvalue weighted by Crippen LogP contribution is 2.36. The molecule has 0 amide bonds. The van der Waals surface area contributed by atoms with Crippen LogP contribution in [0.25, 0.3) is 0 Å². The Bertz CT molecular complexity index is 623. The second-order valence-electron chi connectivity index (χ2n) is 6.35. The van der Waals surface area contributed by atoms with E-state index in [9.17, 15) is 0 Å². The van der Waals surface area contributed by atoms with Gasteiger partial charge < -0.3 is 10.1 Å². The fraction of sp³-hybridized carbons (Fsp3) is 0.562. The van der Waals surface area contributed by atoms with Crippen LogP contribution in [0.2, 0.25) is 0 Å². The van der Waals surface area contributed by atoms with Crippen molar-refractivity contribution in [3.05, 3.63) is 35.0 Å². The number of nitrogens with zero attached hydrogens (tertiary/aromatic N) is 4. The van der Waals surface area contributed by atoms with Crippen molar-refractivity contribution < 1.29 is 4.74 Å². The topological polar surface area (TPSA) is 63.2 Å². The molecule has 2 aromatic rings. The SMILES string of the molecule is c1cnc(N[C@H]2CO[C@@]3(CCCN(Cc4nccs4)C3)C2)nc1. The first-order chi connectivity index (χ1) is 11.3. The van der Waals surface area contributed by atoms with E-state index in [4.69, 9.17) is 4.74 Å². The number of hydrogen-bond acceptors (Lipinski definition) is 7. The van der Waals surface area contributed by atoms with Gasteiger partial charge in [-0.3, -0.25) is 4.90 Å². The minimum Gasteiger partial charge on any atom is -0.371 e. The van der Waals surface area contributed by atoms with E-state index in [1.807, 2.05) is 17.6 Å². The van der Waals surface area contributed by atoms with Crippen LogP contribution in [0.15, 0.2) is 30.0 Å². The molecule has 0 aliphatic carbocycles. The van der Waals surface area contributed by atoms with Crippen LogP contribution in [0, 0.1) is 0 Å². The van der Waals surface area contributed by atoms with Gasteiger partial charge in [0.1, 0.15) is 5.01 Å². The van der Waals surface area contributed by atoms with Crippen LogP contribution in [-0.4, -0.2) is 51.2 Å². The zero-order valence-corrected chi connectivity index (χ0v) is 13.8. The first kappa shape index (κ1) is 15.0. The monoisotopic (exact) mass is 331 g/mol. The zero-order valence-electron chi connectivity index (χ0n) is 13.0. The molecule has 2 aliphatic heterocycles. The molecular weight excluding hydrogens is 310 g/mol. The molecule has 2 fully saturated rings. The minimum absolute atomic E-state index is 0.0258. The van der Waals surface area contributed by atoms with Crippen LogP contribution in [0.3, 0.4) is 0 Å². The molecule has 0 bridgehead atoms. The fourth-order valence-electron chi connectivity index (χ4n) is 3.63. The molecule has 2 aromatic heterocycles.